The third kappa shape index (κ3) is 4.16. The van der Waals surface area contributed by atoms with Gasteiger partial charge in [-0.2, -0.15) is 0 Å². The minimum Gasteiger partial charge on any atom is -0.461 e. The van der Waals surface area contributed by atoms with Crippen LogP contribution in [0.1, 0.15) is 33.7 Å². The van der Waals surface area contributed by atoms with Gasteiger partial charge in [0.05, 0.1) is 6.61 Å². The van der Waals surface area contributed by atoms with Crippen molar-refractivity contribution in [2.75, 3.05) is 11.9 Å². The Labute approximate surface area is 140 Å². The van der Waals surface area contributed by atoms with Crippen LogP contribution < -0.4 is 10.6 Å². The summed E-state index contributed by atoms with van der Waals surface area (Å²) in [7, 11) is 0. The minimum absolute atomic E-state index is 0.0600. The maximum Gasteiger partial charge on any atom is 0.362 e. The molecule has 10 heteroatoms. The van der Waals surface area contributed by atoms with Crippen LogP contribution >= 0.6 is 0 Å². The zero-order chi connectivity index (χ0) is 18.6. The highest BCUT2D eigenvalue weighted by Gasteiger charge is 2.24. The van der Waals surface area contributed by atoms with Gasteiger partial charge in [-0.15, -0.1) is 0 Å². The Morgan fingerprint density at radius 1 is 1.24 bits per heavy atom. The van der Waals surface area contributed by atoms with Gasteiger partial charge in [-0.1, -0.05) is 6.07 Å². The SMILES string of the molecule is CCOC(=O)c1nc(C)oc1NC(=O)NC(=O)c1c(F)cccc1F. The number of urea groups is 1. The standard InChI is InChI=1S/C15H13F2N3O5/c1-3-24-14(22)11-13(25-7(2)18-11)20-15(23)19-12(21)10-8(16)5-4-6-9(10)17/h4-6H,3H2,1-2H3,(H2,19,20,21,23). The first-order valence-electron chi connectivity index (χ1n) is 7.04. The minimum atomic E-state index is -1.30. The number of nitrogens with one attached hydrogen (secondary N) is 2. The van der Waals surface area contributed by atoms with Gasteiger partial charge in [0, 0.05) is 6.92 Å². The summed E-state index contributed by atoms with van der Waals surface area (Å²) < 4.78 is 36.8. The van der Waals surface area contributed by atoms with E-state index in [0.29, 0.717) is 0 Å². The van der Waals surface area contributed by atoms with Crippen molar-refractivity contribution < 1.29 is 32.3 Å². The summed E-state index contributed by atoms with van der Waals surface area (Å²) in [6, 6.07) is 1.64. The molecule has 1 aromatic carbocycles. The topological polar surface area (TPSA) is 111 Å². The predicted octanol–water partition coefficient (Wildman–Crippen LogP) is 2.40. The lowest BCUT2D eigenvalue weighted by atomic mass is 10.2. The third-order valence-corrected chi connectivity index (χ3v) is 2.85. The number of esters is 1. The highest BCUT2D eigenvalue weighted by atomic mass is 19.1. The summed E-state index contributed by atoms with van der Waals surface area (Å²) in [5.74, 6) is -4.72. The van der Waals surface area contributed by atoms with E-state index >= 15 is 0 Å². The molecule has 0 aliphatic rings. The molecule has 0 atom stereocenters. The average molecular weight is 353 g/mol. The number of nitrogens with zero attached hydrogens (tertiary/aromatic N) is 1. The van der Waals surface area contributed by atoms with Crippen LogP contribution in [0.5, 0.6) is 0 Å². The van der Waals surface area contributed by atoms with Crippen molar-refractivity contribution in [1.82, 2.24) is 10.3 Å². The number of carbonyl (C=O) groups excluding carboxylic acids is 3. The van der Waals surface area contributed by atoms with Gasteiger partial charge in [-0.05, 0) is 19.1 Å². The molecule has 2 aromatic rings. The Kier molecular flexibility index (Phi) is 5.42. The molecule has 0 fully saturated rings. The second kappa shape index (κ2) is 7.51. The van der Waals surface area contributed by atoms with E-state index in [0.717, 1.165) is 18.2 Å². The number of anilines is 1. The molecule has 2 N–H and O–H groups in total. The smallest absolute Gasteiger partial charge is 0.362 e. The monoisotopic (exact) mass is 353 g/mol. The van der Waals surface area contributed by atoms with E-state index in [1.807, 2.05) is 0 Å². The van der Waals surface area contributed by atoms with E-state index < -0.39 is 35.1 Å². The summed E-state index contributed by atoms with van der Waals surface area (Å²) in [5.41, 5.74) is -1.23. The van der Waals surface area contributed by atoms with E-state index in [9.17, 15) is 23.2 Å². The van der Waals surface area contributed by atoms with Crippen LogP contribution in [0.2, 0.25) is 0 Å². The van der Waals surface area contributed by atoms with Gasteiger partial charge in [-0.25, -0.2) is 23.4 Å². The van der Waals surface area contributed by atoms with Crippen LogP contribution in [0.4, 0.5) is 19.5 Å². The fourth-order valence-corrected chi connectivity index (χ4v) is 1.86. The number of imide groups is 1. The lowest BCUT2D eigenvalue weighted by Crippen LogP contribution is -2.35. The van der Waals surface area contributed by atoms with Crippen LogP contribution in [0.3, 0.4) is 0 Å². The average Bonchev–Trinajstić information content (AvgIpc) is 2.87. The number of amides is 3. The zero-order valence-corrected chi connectivity index (χ0v) is 13.2. The molecule has 0 unspecified atom stereocenters. The maximum atomic E-state index is 13.5. The number of aromatic nitrogens is 1. The molecule has 3 amide bonds. The molecule has 132 valence electrons. The molecule has 0 saturated carbocycles. The summed E-state index contributed by atoms with van der Waals surface area (Å²) >= 11 is 0. The molecule has 0 bridgehead atoms. The Balaban J connectivity index is 2.13. The lowest BCUT2D eigenvalue weighted by molar-refractivity contribution is 0.0521. The molecule has 0 spiro atoms. The molecule has 25 heavy (non-hydrogen) atoms. The van der Waals surface area contributed by atoms with Gasteiger partial charge in [0.2, 0.25) is 11.6 Å². The Morgan fingerprint density at radius 2 is 1.88 bits per heavy atom. The molecule has 8 nitrogen and oxygen atoms in total. The Bertz CT molecular complexity index is 814. The van der Waals surface area contributed by atoms with Crippen molar-refractivity contribution in [3.8, 4) is 0 Å². The highest BCUT2D eigenvalue weighted by Crippen LogP contribution is 2.18. The van der Waals surface area contributed by atoms with Crippen LogP contribution in [-0.2, 0) is 4.74 Å². The number of benzene rings is 1. The number of hydrogen-bond acceptors (Lipinski definition) is 6. The van der Waals surface area contributed by atoms with Crippen molar-refractivity contribution >= 4 is 23.8 Å². The number of aryl methyl sites for hydroxylation is 1. The van der Waals surface area contributed by atoms with E-state index in [2.05, 4.69) is 10.3 Å². The van der Waals surface area contributed by atoms with Crippen LogP contribution in [0.25, 0.3) is 0 Å². The van der Waals surface area contributed by atoms with Crippen molar-refractivity contribution in [2.24, 2.45) is 0 Å². The summed E-state index contributed by atoms with van der Waals surface area (Å²) in [6.45, 7) is 3.07. The van der Waals surface area contributed by atoms with Crippen molar-refractivity contribution in [1.29, 1.82) is 0 Å². The van der Waals surface area contributed by atoms with Crippen LogP contribution in [0.15, 0.2) is 22.6 Å². The molecule has 0 saturated heterocycles. The molecule has 1 aromatic heterocycles. The fraction of sp³-hybridized carbons (Fsp3) is 0.200. The van der Waals surface area contributed by atoms with E-state index in [1.54, 1.807) is 12.2 Å². The number of hydrogen-bond donors (Lipinski definition) is 2. The first-order chi connectivity index (χ1) is 11.8. The highest BCUT2D eigenvalue weighted by molar-refractivity contribution is 6.09. The summed E-state index contributed by atoms with van der Waals surface area (Å²) in [6.07, 6.45) is 0. The molecule has 0 radical (unpaired) electrons. The number of rotatable bonds is 4. The second-order valence-electron chi connectivity index (χ2n) is 4.64. The zero-order valence-electron chi connectivity index (χ0n) is 13.2. The van der Waals surface area contributed by atoms with Crippen molar-refractivity contribution in [3.63, 3.8) is 0 Å². The van der Waals surface area contributed by atoms with Gasteiger partial charge in [0.25, 0.3) is 5.91 Å². The molecule has 0 aliphatic heterocycles. The molecule has 1 heterocycles. The quantitative estimate of drug-likeness (QED) is 0.817. The van der Waals surface area contributed by atoms with Gasteiger partial charge in [0.15, 0.2) is 5.89 Å². The van der Waals surface area contributed by atoms with Crippen LogP contribution in [0, 0.1) is 18.6 Å². The van der Waals surface area contributed by atoms with E-state index in [-0.39, 0.29) is 24.1 Å². The first-order valence-corrected chi connectivity index (χ1v) is 7.04. The van der Waals surface area contributed by atoms with E-state index in [1.165, 1.54) is 6.92 Å². The van der Waals surface area contributed by atoms with Gasteiger partial charge < -0.3 is 9.15 Å². The number of oxazole rings is 1. The summed E-state index contributed by atoms with van der Waals surface area (Å²) in [4.78, 5) is 39.1. The van der Waals surface area contributed by atoms with Gasteiger partial charge in [0.1, 0.15) is 17.2 Å². The molecular weight excluding hydrogens is 340 g/mol. The fourth-order valence-electron chi connectivity index (χ4n) is 1.86. The Hall–Kier alpha value is -3.30. The maximum absolute atomic E-state index is 13.5. The third-order valence-electron chi connectivity index (χ3n) is 2.85. The van der Waals surface area contributed by atoms with Gasteiger partial charge >= 0.3 is 12.0 Å². The lowest BCUT2D eigenvalue weighted by Gasteiger charge is -2.07. The molecule has 2 rings (SSSR count). The van der Waals surface area contributed by atoms with Crippen molar-refractivity contribution in [2.45, 2.75) is 13.8 Å². The predicted molar refractivity (Wildman–Crippen MR) is 80.0 cm³/mol. The second-order valence-corrected chi connectivity index (χ2v) is 4.64. The summed E-state index contributed by atoms with van der Waals surface area (Å²) in [5, 5.41) is 3.79. The molecule has 0 aliphatic carbocycles. The number of halogens is 2. The van der Waals surface area contributed by atoms with Gasteiger partial charge in [-0.3, -0.25) is 15.4 Å². The largest absolute Gasteiger partial charge is 0.461 e. The van der Waals surface area contributed by atoms with E-state index in [4.69, 9.17) is 9.15 Å². The Morgan fingerprint density at radius 3 is 2.48 bits per heavy atom. The van der Waals surface area contributed by atoms with Crippen LogP contribution in [-0.4, -0.2) is 29.5 Å². The number of carbonyl (C=O) groups is 3. The molecular formula is C15H13F2N3O5. The number of ether oxygens (including phenoxy) is 1. The normalized spacial score (nSPS) is 10.2. The first kappa shape index (κ1) is 18.0. The van der Waals surface area contributed by atoms with Crippen molar-refractivity contribution in [3.05, 3.63) is 47.0 Å².